The summed E-state index contributed by atoms with van der Waals surface area (Å²) < 4.78 is 28.8. The first kappa shape index (κ1) is 18.8. The first-order valence-electron chi connectivity index (χ1n) is 8.27. The number of pyridine rings is 1. The second kappa shape index (κ2) is 7.71. The molecule has 1 fully saturated rings. The maximum absolute atomic E-state index is 12.4. The summed E-state index contributed by atoms with van der Waals surface area (Å²) in [5.41, 5.74) is 1.60. The molecule has 2 aromatic rings. The lowest BCUT2D eigenvalue weighted by Gasteiger charge is -2.23. The van der Waals surface area contributed by atoms with Gasteiger partial charge in [0.15, 0.2) is 9.84 Å². The van der Waals surface area contributed by atoms with Crippen LogP contribution in [0.1, 0.15) is 22.8 Å². The second-order valence-corrected chi connectivity index (χ2v) is 9.57. The number of amides is 1. The Kier molecular flexibility index (Phi) is 5.57. The molecule has 0 aromatic carbocycles. The summed E-state index contributed by atoms with van der Waals surface area (Å²) in [5, 5.41) is 2.61. The van der Waals surface area contributed by atoms with Gasteiger partial charge in [-0.15, -0.1) is 11.3 Å². The fourth-order valence-corrected chi connectivity index (χ4v) is 5.22. The lowest BCUT2D eigenvalue weighted by Crippen LogP contribution is -2.38. The third-order valence-electron chi connectivity index (χ3n) is 4.33. The molecule has 0 bridgehead atoms. The van der Waals surface area contributed by atoms with E-state index in [4.69, 9.17) is 4.74 Å². The van der Waals surface area contributed by atoms with E-state index in [1.165, 1.54) is 16.2 Å². The summed E-state index contributed by atoms with van der Waals surface area (Å²) in [4.78, 5) is 22.5. The molecule has 1 aliphatic heterocycles. The zero-order chi connectivity index (χ0) is 18.7. The first-order valence-corrected chi connectivity index (χ1v) is 11.0. The van der Waals surface area contributed by atoms with Gasteiger partial charge in [0.2, 0.25) is 5.91 Å². The Morgan fingerprint density at radius 1 is 1.42 bits per heavy atom. The van der Waals surface area contributed by atoms with E-state index in [2.05, 4.69) is 9.97 Å². The molecule has 3 heterocycles. The Bertz CT molecular complexity index is 878. The van der Waals surface area contributed by atoms with Crippen LogP contribution in [-0.4, -0.2) is 53.8 Å². The van der Waals surface area contributed by atoms with Crippen LogP contribution in [0, 0.1) is 6.92 Å². The van der Waals surface area contributed by atoms with Gasteiger partial charge in [0, 0.05) is 24.2 Å². The van der Waals surface area contributed by atoms with Crippen LogP contribution in [0.2, 0.25) is 0 Å². The molecule has 9 heteroatoms. The molecule has 140 valence electrons. The van der Waals surface area contributed by atoms with E-state index in [0.717, 1.165) is 10.7 Å². The summed E-state index contributed by atoms with van der Waals surface area (Å²) in [6, 6.07) is 3.49. The maximum Gasteiger partial charge on any atom is 0.228 e. The van der Waals surface area contributed by atoms with Gasteiger partial charge in [0.05, 0.1) is 29.8 Å². The maximum atomic E-state index is 12.4. The van der Waals surface area contributed by atoms with Crippen molar-refractivity contribution in [1.29, 1.82) is 0 Å². The van der Waals surface area contributed by atoms with Crippen molar-refractivity contribution in [3.05, 3.63) is 40.1 Å². The molecule has 1 atom stereocenters. The molecule has 0 saturated carbocycles. The van der Waals surface area contributed by atoms with Crippen LogP contribution in [0.4, 0.5) is 0 Å². The Hall–Kier alpha value is -2.00. The Balaban J connectivity index is 1.52. The number of likely N-dealkylation sites (N-methyl/N-ethyl adjacent to an activating group) is 1. The van der Waals surface area contributed by atoms with Crippen molar-refractivity contribution >= 4 is 27.1 Å². The molecule has 0 aliphatic carbocycles. The third-order valence-corrected chi connectivity index (χ3v) is 6.95. The highest BCUT2D eigenvalue weighted by molar-refractivity contribution is 7.91. The molecular weight excluding hydrogens is 374 g/mol. The third kappa shape index (κ3) is 4.79. The first-order chi connectivity index (χ1) is 12.3. The highest BCUT2D eigenvalue weighted by atomic mass is 32.2. The number of hydrogen-bond acceptors (Lipinski definition) is 7. The van der Waals surface area contributed by atoms with E-state index in [9.17, 15) is 13.2 Å². The molecule has 7 nitrogen and oxygen atoms in total. The largest absolute Gasteiger partial charge is 0.485 e. The molecule has 0 spiro atoms. The van der Waals surface area contributed by atoms with Crippen molar-refractivity contribution in [1.82, 2.24) is 14.9 Å². The summed E-state index contributed by atoms with van der Waals surface area (Å²) in [7, 11) is -1.35. The lowest BCUT2D eigenvalue weighted by atomic mass is 10.2. The number of carbonyl (C=O) groups excluding carboxylic acids is 1. The van der Waals surface area contributed by atoms with E-state index >= 15 is 0 Å². The van der Waals surface area contributed by atoms with E-state index in [1.54, 1.807) is 13.2 Å². The second-order valence-electron chi connectivity index (χ2n) is 6.39. The number of aryl methyl sites for hydroxylation is 1. The standard InChI is InChI=1S/C17H21N3O4S2/c1-12-3-4-15(8-18-12)24-9-16-19-13(10-25-16)7-17(21)20(2)14-5-6-26(22,23)11-14/h3-4,8,10,14H,5-7,9,11H2,1-2H3. The van der Waals surface area contributed by atoms with Gasteiger partial charge in [-0.2, -0.15) is 0 Å². The molecule has 1 amide bonds. The molecule has 0 N–H and O–H groups in total. The van der Waals surface area contributed by atoms with Gasteiger partial charge >= 0.3 is 0 Å². The van der Waals surface area contributed by atoms with Crippen LogP contribution in [-0.2, 0) is 27.7 Å². The van der Waals surface area contributed by atoms with Gasteiger partial charge in [-0.25, -0.2) is 13.4 Å². The quantitative estimate of drug-likeness (QED) is 0.738. The number of aromatic nitrogens is 2. The molecule has 0 radical (unpaired) electrons. The minimum atomic E-state index is -3.01. The van der Waals surface area contributed by atoms with Crippen molar-refractivity contribution in [2.24, 2.45) is 0 Å². The number of hydrogen-bond donors (Lipinski definition) is 0. The number of thiazole rings is 1. The lowest BCUT2D eigenvalue weighted by molar-refractivity contribution is -0.130. The zero-order valence-corrected chi connectivity index (χ0v) is 16.3. The van der Waals surface area contributed by atoms with Crippen LogP contribution >= 0.6 is 11.3 Å². The van der Waals surface area contributed by atoms with Crippen LogP contribution < -0.4 is 4.74 Å². The molecule has 2 aromatic heterocycles. The number of nitrogens with zero attached hydrogens (tertiary/aromatic N) is 3. The van der Waals surface area contributed by atoms with Crippen molar-refractivity contribution in [2.75, 3.05) is 18.6 Å². The number of ether oxygens (including phenoxy) is 1. The van der Waals surface area contributed by atoms with E-state index in [-0.39, 0.29) is 29.9 Å². The normalized spacial score (nSPS) is 18.6. The molecular formula is C17H21N3O4S2. The van der Waals surface area contributed by atoms with Gasteiger partial charge in [-0.05, 0) is 25.5 Å². The van der Waals surface area contributed by atoms with Crippen molar-refractivity contribution in [2.45, 2.75) is 32.4 Å². The molecule has 1 aliphatic rings. The Morgan fingerprint density at radius 2 is 2.23 bits per heavy atom. The van der Waals surface area contributed by atoms with Crippen LogP contribution in [0.15, 0.2) is 23.7 Å². The monoisotopic (exact) mass is 395 g/mol. The number of rotatable bonds is 6. The predicted octanol–water partition coefficient (Wildman–Crippen LogP) is 1.61. The predicted molar refractivity (Wildman–Crippen MR) is 99.0 cm³/mol. The minimum Gasteiger partial charge on any atom is -0.485 e. The van der Waals surface area contributed by atoms with Crippen molar-refractivity contribution in [3.63, 3.8) is 0 Å². The molecule has 1 saturated heterocycles. The Labute approximate surface area is 157 Å². The van der Waals surface area contributed by atoms with Gasteiger partial charge in [-0.3, -0.25) is 9.78 Å². The highest BCUT2D eigenvalue weighted by Gasteiger charge is 2.32. The molecule has 3 rings (SSSR count). The van der Waals surface area contributed by atoms with Gasteiger partial charge in [-0.1, -0.05) is 0 Å². The average Bonchev–Trinajstić information content (AvgIpc) is 3.19. The Morgan fingerprint density at radius 3 is 2.88 bits per heavy atom. The summed E-state index contributed by atoms with van der Waals surface area (Å²) in [6.45, 7) is 2.23. The number of sulfone groups is 1. The molecule has 1 unspecified atom stereocenters. The average molecular weight is 396 g/mol. The minimum absolute atomic E-state index is 0.0516. The smallest absolute Gasteiger partial charge is 0.228 e. The van der Waals surface area contributed by atoms with E-state index in [0.29, 0.717) is 24.5 Å². The highest BCUT2D eigenvalue weighted by Crippen LogP contribution is 2.19. The topological polar surface area (TPSA) is 89.5 Å². The number of carbonyl (C=O) groups is 1. The summed E-state index contributed by atoms with van der Waals surface area (Å²) in [5.74, 6) is 0.760. The van der Waals surface area contributed by atoms with Gasteiger partial charge in [0.1, 0.15) is 17.4 Å². The van der Waals surface area contributed by atoms with Crippen molar-refractivity contribution < 1.29 is 17.9 Å². The van der Waals surface area contributed by atoms with E-state index in [1.807, 2.05) is 24.4 Å². The SMILES string of the molecule is Cc1ccc(OCc2nc(CC(=O)N(C)C3CCS(=O)(=O)C3)cs2)cn1. The van der Waals surface area contributed by atoms with Crippen LogP contribution in [0.5, 0.6) is 5.75 Å². The fraction of sp³-hybridized carbons (Fsp3) is 0.471. The zero-order valence-electron chi connectivity index (χ0n) is 14.7. The summed E-state index contributed by atoms with van der Waals surface area (Å²) in [6.07, 6.45) is 2.33. The van der Waals surface area contributed by atoms with Gasteiger partial charge in [0.25, 0.3) is 0 Å². The van der Waals surface area contributed by atoms with E-state index < -0.39 is 9.84 Å². The van der Waals surface area contributed by atoms with Crippen LogP contribution in [0.25, 0.3) is 0 Å². The van der Waals surface area contributed by atoms with Crippen molar-refractivity contribution in [3.8, 4) is 5.75 Å². The van der Waals surface area contributed by atoms with Crippen LogP contribution in [0.3, 0.4) is 0 Å². The molecule has 26 heavy (non-hydrogen) atoms. The van der Waals surface area contributed by atoms with Gasteiger partial charge < -0.3 is 9.64 Å². The summed E-state index contributed by atoms with van der Waals surface area (Å²) >= 11 is 1.43. The fourth-order valence-electron chi connectivity index (χ4n) is 2.75.